The van der Waals surface area contributed by atoms with Gasteiger partial charge in [0.1, 0.15) is 6.04 Å². The Morgan fingerprint density at radius 2 is 1.56 bits per heavy atom. The molecule has 32 heavy (non-hydrogen) atoms. The van der Waals surface area contributed by atoms with E-state index in [1.807, 2.05) is 32.0 Å². The van der Waals surface area contributed by atoms with Crippen molar-refractivity contribution < 1.29 is 18.0 Å². The van der Waals surface area contributed by atoms with Crippen molar-refractivity contribution >= 4 is 33.4 Å². The SMILES string of the molecule is CC(C)CC(=O)NC(C(=O)N1CCN(S(=O)(=O)c2ccc(Cl)cc2)CC1)c1ccccc1. The first kappa shape index (κ1) is 24.2. The third-order valence-corrected chi connectivity index (χ3v) is 7.45. The third kappa shape index (κ3) is 5.88. The van der Waals surface area contributed by atoms with E-state index in [2.05, 4.69) is 5.32 Å². The van der Waals surface area contributed by atoms with Crippen molar-refractivity contribution in [2.45, 2.75) is 31.2 Å². The zero-order chi connectivity index (χ0) is 23.3. The fraction of sp³-hybridized carbons (Fsp3) is 0.391. The largest absolute Gasteiger partial charge is 0.341 e. The van der Waals surface area contributed by atoms with Crippen LogP contribution in [0.15, 0.2) is 59.5 Å². The van der Waals surface area contributed by atoms with Gasteiger partial charge in [0.05, 0.1) is 4.90 Å². The normalized spacial score (nSPS) is 16.1. The van der Waals surface area contributed by atoms with Crippen molar-refractivity contribution in [2.75, 3.05) is 26.2 Å². The Bertz CT molecular complexity index is 1030. The summed E-state index contributed by atoms with van der Waals surface area (Å²) in [5, 5.41) is 3.32. The summed E-state index contributed by atoms with van der Waals surface area (Å²) in [7, 11) is -3.67. The summed E-state index contributed by atoms with van der Waals surface area (Å²) in [5.74, 6) is -0.258. The quantitative estimate of drug-likeness (QED) is 0.664. The van der Waals surface area contributed by atoms with Crippen LogP contribution in [0.3, 0.4) is 0 Å². The molecule has 9 heteroatoms. The summed E-state index contributed by atoms with van der Waals surface area (Å²) in [4.78, 5) is 27.5. The van der Waals surface area contributed by atoms with Gasteiger partial charge in [-0.1, -0.05) is 55.8 Å². The Morgan fingerprint density at radius 1 is 0.969 bits per heavy atom. The highest BCUT2D eigenvalue weighted by atomic mass is 35.5. The topological polar surface area (TPSA) is 86.8 Å². The molecule has 7 nitrogen and oxygen atoms in total. The number of hydrogen-bond donors (Lipinski definition) is 1. The van der Waals surface area contributed by atoms with E-state index >= 15 is 0 Å². The molecule has 0 saturated carbocycles. The van der Waals surface area contributed by atoms with Crippen LogP contribution in [0.5, 0.6) is 0 Å². The number of halogens is 1. The smallest absolute Gasteiger partial charge is 0.249 e. The number of sulfonamides is 1. The summed E-state index contributed by atoms with van der Waals surface area (Å²) in [6, 6.07) is 14.3. The molecule has 1 heterocycles. The minimum Gasteiger partial charge on any atom is -0.341 e. The molecule has 0 aliphatic carbocycles. The summed E-state index contributed by atoms with van der Waals surface area (Å²) in [5.41, 5.74) is 0.700. The number of amides is 2. The first-order chi connectivity index (χ1) is 15.2. The fourth-order valence-corrected chi connectivity index (χ4v) is 5.16. The average molecular weight is 478 g/mol. The first-order valence-electron chi connectivity index (χ1n) is 10.6. The molecular weight excluding hydrogens is 450 g/mol. The second-order valence-corrected chi connectivity index (χ2v) is 10.6. The van der Waals surface area contributed by atoms with E-state index in [4.69, 9.17) is 11.6 Å². The molecule has 2 aromatic rings. The molecule has 0 spiro atoms. The molecule has 1 saturated heterocycles. The third-order valence-electron chi connectivity index (χ3n) is 5.28. The van der Waals surface area contributed by atoms with Gasteiger partial charge in [-0.05, 0) is 35.7 Å². The molecule has 1 fully saturated rings. The number of rotatable bonds is 7. The van der Waals surface area contributed by atoms with E-state index in [9.17, 15) is 18.0 Å². The highest BCUT2D eigenvalue weighted by Gasteiger charge is 2.33. The summed E-state index contributed by atoms with van der Waals surface area (Å²) in [6.07, 6.45) is 0.323. The number of piperazine rings is 1. The molecule has 0 bridgehead atoms. The number of carbonyl (C=O) groups is 2. The molecule has 172 valence electrons. The maximum Gasteiger partial charge on any atom is 0.249 e. The summed E-state index contributed by atoms with van der Waals surface area (Å²) in [6.45, 7) is 4.74. The second kappa shape index (κ2) is 10.5. The first-order valence-corrected chi connectivity index (χ1v) is 12.4. The van der Waals surface area contributed by atoms with E-state index in [0.29, 0.717) is 17.0 Å². The van der Waals surface area contributed by atoms with Crippen LogP contribution in [0, 0.1) is 5.92 Å². The Morgan fingerprint density at radius 3 is 2.12 bits per heavy atom. The highest BCUT2D eigenvalue weighted by molar-refractivity contribution is 7.89. The average Bonchev–Trinajstić information content (AvgIpc) is 2.77. The van der Waals surface area contributed by atoms with Crippen LogP contribution in [0.25, 0.3) is 0 Å². The van der Waals surface area contributed by atoms with Gasteiger partial charge in [0.2, 0.25) is 21.8 Å². The predicted molar refractivity (Wildman–Crippen MR) is 124 cm³/mol. The van der Waals surface area contributed by atoms with Crippen molar-refractivity contribution in [1.29, 1.82) is 0 Å². The lowest BCUT2D eigenvalue weighted by molar-refractivity contribution is -0.137. The predicted octanol–water partition coefficient (Wildman–Crippen LogP) is 3.08. The van der Waals surface area contributed by atoms with Crippen LogP contribution in [0.2, 0.25) is 5.02 Å². The highest BCUT2D eigenvalue weighted by Crippen LogP contribution is 2.22. The number of benzene rings is 2. The van der Waals surface area contributed by atoms with E-state index in [1.54, 1.807) is 29.2 Å². The second-order valence-electron chi connectivity index (χ2n) is 8.19. The number of hydrogen-bond acceptors (Lipinski definition) is 4. The van der Waals surface area contributed by atoms with Crippen molar-refractivity contribution in [1.82, 2.24) is 14.5 Å². The zero-order valence-corrected chi connectivity index (χ0v) is 19.8. The lowest BCUT2D eigenvalue weighted by atomic mass is 10.0. The van der Waals surface area contributed by atoms with E-state index in [-0.39, 0.29) is 48.8 Å². The molecule has 1 atom stereocenters. The van der Waals surface area contributed by atoms with Gasteiger partial charge in [-0.3, -0.25) is 9.59 Å². The van der Waals surface area contributed by atoms with Crippen LogP contribution in [0.4, 0.5) is 0 Å². The fourth-order valence-electron chi connectivity index (χ4n) is 3.61. The lowest BCUT2D eigenvalue weighted by Gasteiger charge is -2.36. The number of nitrogens with one attached hydrogen (secondary N) is 1. The number of nitrogens with zero attached hydrogens (tertiary/aromatic N) is 2. The van der Waals surface area contributed by atoms with Gasteiger partial charge in [-0.15, -0.1) is 0 Å². The van der Waals surface area contributed by atoms with E-state index in [0.717, 1.165) is 0 Å². The molecule has 1 unspecified atom stereocenters. The maximum absolute atomic E-state index is 13.3. The molecular formula is C23H28ClN3O4S. The monoisotopic (exact) mass is 477 g/mol. The van der Waals surface area contributed by atoms with Crippen molar-refractivity contribution in [2.24, 2.45) is 5.92 Å². The minimum absolute atomic E-state index is 0.170. The maximum atomic E-state index is 13.3. The standard InChI is InChI=1S/C23H28ClN3O4S/c1-17(2)16-21(28)25-22(18-6-4-3-5-7-18)23(29)26-12-14-27(15-13-26)32(30,31)20-10-8-19(24)9-11-20/h3-11,17,22H,12-16H2,1-2H3,(H,25,28). The van der Waals surface area contributed by atoms with Gasteiger partial charge in [-0.25, -0.2) is 8.42 Å². The molecule has 0 aromatic heterocycles. The Balaban J connectivity index is 1.71. The van der Waals surface area contributed by atoms with Gasteiger partial charge in [0, 0.05) is 37.6 Å². The van der Waals surface area contributed by atoms with Crippen molar-refractivity contribution in [3.63, 3.8) is 0 Å². The molecule has 1 N–H and O–H groups in total. The van der Waals surface area contributed by atoms with Crippen LogP contribution in [0.1, 0.15) is 31.9 Å². The Hall–Kier alpha value is -2.42. The Kier molecular flexibility index (Phi) is 7.92. The summed E-state index contributed by atoms with van der Waals surface area (Å²) < 4.78 is 27.2. The molecule has 0 radical (unpaired) electrons. The van der Waals surface area contributed by atoms with Gasteiger partial charge < -0.3 is 10.2 Å². The Labute approximate surface area is 194 Å². The van der Waals surface area contributed by atoms with Crippen LogP contribution in [-0.2, 0) is 19.6 Å². The zero-order valence-electron chi connectivity index (χ0n) is 18.2. The molecule has 1 aliphatic heterocycles. The van der Waals surface area contributed by atoms with E-state index < -0.39 is 16.1 Å². The van der Waals surface area contributed by atoms with Crippen molar-refractivity contribution in [3.8, 4) is 0 Å². The van der Waals surface area contributed by atoms with Crippen LogP contribution >= 0.6 is 11.6 Å². The van der Waals surface area contributed by atoms with Crippen LogP contribution in [-0.4, -0.2) is 55.6 Å². The van der Waals surface area contributed by atoms with Gasteiger partial charge in [0.15, 0.2) is 0 Å². The van der Waals surface area contributed by atoms with Crippen LogP contribution < -0.4 is 5.32 Å². The molecule has 3 rings (SSSR count). The van der Waals surface area contributed by atoms with Gasteiger partial charge in [-0.2, -0.15) is 4.31 Å². The van der Waals surface area contributed by atoms with Crippen molar-refractivity contribution in [3.05, 3.63) is 65.2 Å². The molecule has 2 amide bonds. The molecule has 1 aliphatic rings. The van der Waals surface area contributed by atoms with Gasteiger partial charge in [0.25, 0.3) is 0 Å². The molecule has 2 aromatic carbocycles. The van der Waals surface area contributed by atoms with Gasteiger partial charge >= 0.3 is 0 Å². The number of carbonyl (C=O) groups excluding carboxylic acids is 2. The summed E-state index contributed by atoms with van der Waals surface area (Å²) >= 11 is 5.86. The lowest BCUT2D eigenvalue weighted by Crippen LogP contribution is -2.53. The van der Waals surface area contributed by atoms with E-state index in [1.165, 1.54) is 16.4 Å². The minimum atomic E-state index is -3.67.